The molecule has 4 heteroatoms. The van der Waals surface area contributed by atoms with Gasteiger partial charge in [-0.05, 0) is 24.3 Å². The molecule has 1 amide bonds. The highest BCUT2D eigenvalue weighted by molar-refractivity contribution is 5.90. The Morgan fingerprint density at radius 2 is 2.12 bits per heavy atom. The van der Waals surface area contributed by atoms with Crippen LogP contribution in [0.15, 0.2) is 36.9 Å². The van der Waals surface area contributed by atoms with Crippen molar-refractivity contribution < 1.29 is 9.53 Å². The van der Waals surface area contributed by atoms with Crippen LogP contribution in [0.5, 0.6) is 5.75 Å². The summed E-state index contributed by atoms with van der Waals surface area (Å²) in [6, 6.07) is 7.25. The number of amides is 1. The van der Waals surface area contributed by atoms with Crippen molar-refractivity contribution in [3.63, 3.8) is 0 Å². The largest absolute Gasteiger partial charge is 0.497 e. The highest BCUT2D eigenvalue weighted by atomic mass is 16.5. The summed E-state index contributed by atoms with van der Waals surface area (Å²) in [4.78, 5) is 11.5. The van der Waals surface area contributed by atoms with E-state index in [4.69, 9.17) is 4.74 Å². The van der Waals surface area contributed by atoms with Crippen molar-refractivity contribution in [3.05, 3.63) is 36.9 Å². The Kier molecular flexibility index (Phi) is 5.82. The van der Waals surface area contributed by atoms with Gasteiger partial charge in [-0.25, -0.2) is 0 Å². The maximum atomic E-state index is 11.5. The van der Waals surface area contributed by atoms with E-state index in [1.165, 1.54) is 0 Å². The van der Waals surface area contributed by atoms with Crippen molar-refractivity contribution >= 4 is 11.6 Å². The van der Waals surface area contributed by atoms with Gasteiger partial charge in [0.25, 0.3) is 0 Å². The van der Waals surface area contributed by atoms with Crippen LogP contribution in [-0.4, -0.2) is 26.1 Å². The van der Waals surface area contributed by atoms with Gasteiger partial charge < -0.3 is 15.4 Å². The third-order valence-corrected chi connectivity index (χ3v) is 2.19. The number of carbonyl (C=O) groups excluding carboxylic acids is 1. The number of benzene rings is 1. The molecule has 1 aromatic rings. The molecule has 0 saturated carbocycles. The van der Waals surface area contributed by atoms with Crippen LogP contribution in [-0.2, 0) is 4.79 Å². The van der Waals surface area contributed by atoms with Crippen molar-refractivity contribution in [2.45, 2.75) is 6.42 Å². The first-order chi connectivity index (χ1) is 8.26. The molecular formula is C13H18N2O2. The molecule has 0 aliphatic carbocycles. The molecule has 0 spiro atoms. The van der Waals surface area contributed by atoms with Crippen LogP contribution in [0.2, 0.25) is 0 Å². The molecule has 4 nitrogen and oxygen atoms in total. The molecule has 0 aromatic heterocycles. The second kappa shape index (κ2) is 7.46. The molecule has 0 fully saturated rings. The lowest BCUT2D eigenvalue weighted by Gasteiger charge is -2.06. The van der Waals surface area contributed by atoms with E-state index in [1.807, 2.05) is 24.3 Å². The minimum atomic E-state index is -0.00766. The molecular weight excluding hydrogens is 216 g/mol. The van der Waals surface area contributed by atoms with Gasteiger partial charge in [0.1, 0.15) is 5.75 Å². The van der Waals surface area contributed by atoms with E-state index >= 15 is 0 Å². The van der Waals surface area contributed by atoms with Crippen LogP contribution in [0.4, 0.5) is 5.69 Å². The van der Waals surface area contributed by atoms with Gasteiger partial charge in [-0.3, -0.25) is 4.79 Å². The first-order valence-electron chi connectivity index (χ1n) is 5.52. The maximum Gasteiger partial charge on any atom is 0.225 e. The predicted molar refractivity (Wildman–Crippen MR) is 69.3 cm³/mol. The monoisotopic (exact) mass is 234 g/mol. The zero-order chi connectivity index (χ0) is 12.5. The van der Waals surface area contributed by atoms with Gasteiger partial charge in [0.05, 0.1) is 7.11 Å². The third-order valence-electron chi connectivity index (χ3n) is 2.19. The van der Waals surface area contributed by atoms with Crippen molar-refractivity contribution in [1.29, 1.82) is 0 Å². The first-order valence-corrected chi connectivity index (χ1v) is 5.52. The molecule has 0 atom stereocenters. The summed E-state index contributed by atoms with van der Waals surface area (Å²) in [5.41, 5.74) is 0.777. The van der Waals surface area contributed by atoms with Gasteiger partial charge in [-0.1, -0.05) is 6.08 Å². The van der Waals surface area contributed by atoms with Crippen LogP contribution < -0.4 is 15.4 Å². The minimum absolute atomic E-state index is 0.00766. The number of anilines is 1. The predicted octanol–water partition coefficient (Wildman–Crippen LogP) is 1.80. The molecule has 2 N–H and O–H groups in total. The zero-order valence-electron chi connectivity index (χ0n) is 10.0. The molecule has 0 saturated heterocycles. The second-order valence-electron chi connectivity index (χ2n) is 3.52. The summed E-state index contributed by atoms with van der Waals surface area (Å²) in [6.07, 6.45) is 2.21. The number of hydrogen-bond acceptors (Lipinski definition) is 3. The lowest BCUT2D eigenvalue weighted by Crippen LogP contribution is -2.21. The Balaban J connectivity index is 2.31. The quantitative estimate of drug-likeness (QED) is 0.558. The van der Waals surface area contributed by atoms with Gasteiger partial charge >= 0.3 is 0 Å². The number of hydrogen-bond donors (Lipinski definition) is 2. The number of carbonyl (C=O) groups is 1. The van der Waals surface area contributed by atoms with Crippen LogP contribution in [0.3, 0.4) is 0 Å². The fraction of sp³-hybridized carbons (Fsp3) is 0.308. The smallest absolute Gasteiger partial charge is 0.225 e. The Hall–Kier alpha value is -1.81. The highest BCUT2D eigenvalue weighted by Crippen LogP contribution is 2.14. The highest BCUT2D eigenvalue weighted by Gasteiger charge is 2.01. The summed E-state index contributed by atoms with van der Waals surface area (Å²) in [6.45, 7) is 4.95. The van der Waals surface area contributed by atoms with Crippen molar-refractivity contribution in [1.82, 2.24) is 5.32 Å². The molecule has 17 heavy (non-hydrogen) atoms. The van der Waals surface area contributed by atoms with Gasteiger partial charge in [0.15, 0.2) is 0 Å². The maximum absolute atomic E-state index is 11.5. The summed E-state index contributed by atoms with van der Waals surface area (Å²) in [5, 5.41) is 5.88. The Morgan fingerprint density at radius 1 is 1.41 bits per heavy atom. The first kappa shape index (κ1) is 13.3. The topological polar surface area (TPSA) is 50.4 Å². The number of ether oxygens (including phenoxy) is 1. The number of nitrogens with one attached hydrogen (secondary N) is 2. The lowest BCUT2D eigenvalue weighted by atomic mass is 10.3. The van der Waals surface area contributed by atoms with E-state index in [2.05, 4.69) is 17.2 Å². The number of rotatable bonds is 7. The van der Waals surface area contributed by atoms with E-state index in [1.54, 1.807) is 13.2 Å². The molecule has 0 bridgehead atoms. The number of methoxy groups -OCH3 is 1. The average Bonchev–Trinajstić information content (AvgIpc) is 2.36. The zero-order valence-corrected chi connectivity index (χ0v) is 10.0. The molecule has 0 heterocycles. The fourth-order valence-corrected chi connectivity index (χ4v) is 1.30. The summed E-state index contributed by atoms with van der Waals surface area (Å²) >= 11 is 0. The van der Waals surface area contributed by atoms with Gasteiger partial charge in [-0.2, -0.15) is 0 Å². The Morgan fingerprint density at radius 3 is 2.71 bits per heavy atom. The second-order valence-corrected chi connectivity index (χ2v) is 3.52. The van der Waals surface area contributed by atoms with Gasteiger partial charge in [-0.15, -0.1) is 6.58 Å². The van der Waals surface area contributed by atoms with E-state index in [0.717, 1.165) is 18.0 Å². The van der Waals surface area contributed by atoms with Crippen LogP contribution in [0.25, 0.3) is 0 Å². The van der Waals surface area contributed by atoms with Gasteiger partial charge in [0, 0.05) is 25.2 Å². The summed E-state index contributed by atoms with van der Waals surface area (Å²) < 4.78 is 5.03. The SMILES string of the molecule is C=CCNCCC(=O)Nc1ccc(OC)cc1. The van der Waals surface area contributed by atoms with E-state index < -0.39 is 0 Å². The van der Waals surface area contributed by atoms with Crippen molar-refractivity contribution in [2.24, 2.45) is 0 Å². The van der Waals surface area contributed by atoms with Crippen LogP contribution in [0, 0.1) is 0 Å². The van der Waals surface area contributed by atoms with Crippen molar-refractivity contribution in [3.8, 4) is 5.75 Å². The molecule has 0 unspecified atom stereocenters. The van der Waals surface area contributed by atoms with Crippen LogP contribution in [0.1, 0.15) is 6.42 Å². The van der Waals surface area contributed by atoms with Gasteiger partial charge in [0.2, 0.25) is 5.91 Å². The Bertz CT molecular complexity index is 360. The minimum Gasteiger partial charge on any atom is -0.497 e. The fourth-order valence-electron chi connectivity index (χ4n) is 1.30. The van der Waals surface area contributed by atoms with E-state index in [0.29, 0.717) is 13.0 Å². The average molecular weight is 234 g/mol. The summed E-state index contributed by atoms with van der Waals surface area (Å²) in [7, 11) is 1.61. The molecule has 92 valence electrons. The Labute approximate surface area is 102 Å². The molecule has 1 rings (SSSR count). The third kappa shape index (κ3) is 5.17. The van der Waals surface area contributed by atoms with E-state index in [9.17, 15) is 4.79 Å². The van der Waals surface area contributed by atoms with Crippen LogP contribution >= 0.6 is 0 Å². The standard InChI is InChI=1S/C13H18N2O2/c1-3-9-14-10-8-13(16)15-11-4-6-12(17-2)7-5-11/h3-7,14H,1,8-10H2,2H3,(H,15,16). The van der Waals surface area contributed by atoms with E-state index in [-0.39, 0.29) is 5.91 Å². The summed E-state index contributed by atoms with van der Waals surface area (Å²) in [5.74, 6) is 0.766. The van der Waals surface area contributed by atoms with Crippen molar-refractivity contribution in [2.75, 3.05) is 25.5 Å². The molecule has 1 aromatic carbocycles. The molecule has 0 aliphatic heterocycles. The molecule has 0 radical (unpaired) electrons. The molecule has 0 aliphatic rings. The normalized spacial score (nSPS) is 9.71. The lowest BCUT2D eigenvalue weighted by molar-refractivity contribution is -0.116.